The van der Waals surface area contributed by atoms with Gasteiger partial charge in [0.05, 0.1) is 19.4 Å². The number of aliphatic hydroxyl groups is 1. The van der Waals surface area contributed by atoms with Crippen molar-refractivity contribution in [1.29, 1.82) is 0 Å². The molecule has 0 amide bonds. The molecule has 0 aliphatic rings. The van der Waals surface area contributed by atoms with Crippen LogP contribution in [-0.4, -0.2) is 27.0 Å². The number of benzene rings is 1. The Balaban J connectivity index is 2.18. The molecule has 3 rings (SSSR count). The summed E-state index contributed by atoms with van der Waals surface area (Å²) < 4.78 is 7.43. The largest absolute Gasteiger partial charge is 0.494 e. The second kappa shape index (κ2) is 7.40. The Morgan fingerprint density at radius 1 is 1.19 bits per heavy atom. The van der Waals surface area contributed by atoms with Crippen LogP contribution >= 0.6 is 0 Å². The minimum atomic E-state index is -0.123. The quantitative estimate of drug-likeness (QED) is 0.711. The number of nitrogens with one attached hydrogen (secondary N) is 1. The van der Waals surface area contributed by atoms with Crippen LogP contribution in [0.3, 0.4) is 0 Å². The summed E-state index contributed by atoms with van der Waals surface area (Å²) in [5.74, 6) is 2.11. The summed E-state index contributed by atoms with van der Waals surface area (Å²) in [7, 11) is 1.65. The van der Waals surface area contributed by atoms with E-state index in [0.29, 0.717) is 5.82 Å². The standard InChI is InChI=1S/C21H26N4O2/c1-14-8-6-10-16(27-5)19(14)25-18(12-17(24-25)21(2,3)4)23-20-15(13-26)9-7-11-22-20/h6-12,26H,13H2,1-5H3,(H,22,23). The van der Waals surface area contributed by atoms with Gasteiger partial charge in [-0.15, -0.1) is 0 Å². The summed E-state index contributed by atoms with van der Waals surface area (Å²) in [6.07, 6.45) is 1.70. The number of aliphatic hydroxyl groups excluding tert-OH is 1. The molecule has 0 radical (unpaired) electrons. The number of aromatic nitrogens is 3. The third-order valence-corrected chi connectivity index (χ3v) is 4.42. The highest BCUT2D eigenvalue weighted by Gasteiger charge is 2.23. The lowest BCUT2D eigenvalue weighted by atomic mass is 9.92. The topological polar surface area (TPSA) is 72.2 Å². The maximum Gasteiger partial charge on any atom is 0.144 e. The Kier molecular flexibility index (Phi) is 5.19. The lowest BCUT2D eigenvalue weighted by molar-refractivity contribution is 0.282. The molecule has 3 aromatic rings. The van der Waals surface area contributed by atoms with Crippen LogP contribution in [0.1, 0.15) is 37.6 Å². The van der Waals surface area contributed by atoms with Gasteiger partial charge >= 0.3 is 0 Å². The highest BCUT2D eigenvalue weighted by Crippen LogP contribution is 2.33. The highest BCUT2D eigenvalue weighted by molar-refractivity contribution is 5.63. The summed E-state index contributed by atoms with van der Waals surface area (Å²) in [6.45, 7) is 8.31. The third kappa shape index (κ3) is 3.80. The Labute approximate surface area is 159 Å². The van der Waals surface area contributed by atoms with E-state index in [1.165, 1.54) is 0 Å². The van der Waals surface area contributed by atoms with Crippen LogP contribution in [0.25, 0.3) is 5.69 Å². The van der Waals surface area contributed by atoms with Crippen molar-refractivity contribution in [3.05, 3.63) is 59.4 Å². The van der Waals surface area contributed by atoms with Gasteiger partial charge in [0.1, 0.15) is 23.1 Å². The molecule has 0 saturated heterocycles. The number of nitrogens with zero attached hydrogens (tertiary/aromatic N) is 3. The average Bonchev–Trinajstić information content (AvgIpc) is 3.05. The molecule has 0 unspecified atom stereocenters. The third-order valence-electron chi connectivity index (χ3n) is 4.42. The molecule has 0 saturated carbocycles. The first-order valence-electron chi connectivity index (χ1n) is 8.91. The van der Waals surface area contributed by atoms with E-state index in [2.05, 4.69) is 31.1 Å². The normalized spacial score (nSPS) is 11.5. The molecular formula is C21H26N4O2. The Bertz CT molecular complexity index is 942. The van der Waals surface area contributed by atoms with Crippen LogP contribution in [0.15, 0.2) is 42.6 Å². The predicted molar refractivity (Wildman–Crippen MR) is 107 cm³/mol. The molecule has 1 aromatic carbocycles. The van der Waals surface area contributed by atoms with Gasteiger partial charge in [0, 0.05) is 23.2 Å². The fourth-order valence-corrected chi connectivity index (χ4v) is 2.88. The van der Waals surface area contributed by atoms with Gasteiger partial charge in [0.2, 0.25) is 0 Å². The van der Waals surface area contributed by atoms with E-state index in [-0.39, 0.29) is 12.0 Å². The van der Waals surface area contributed by atoms with Gasteiger partial charge in [0.15, 0.2) is 0 Å². The second-order valence-electron chi connectivity index (χ2n) is 7.50. The van der Waals surface area contributed by atoms with Gasteiger partial charge in [-0.1, -0.05) is 39.0 Å². The molecule has 6 heteroatoms. The smallest absolute Gasteiger partial charge is 0.144 e. The van der Waals surface area contributed by atoms with Crippen LogP contribution in [0.4, 0.5) is 11.6 Å². The van der Waals surface area contributed by atoms with Gasteiger partial charge in [-0.2, -0.15) is 5.10 Å². The van der Waals surface area contributed by atoms with E-state index < -0.39 is 0 Å². The monoisotopic (exact) mass is 366 g/mol. The minimum Gasteiger partial charge on any atom is -0.494 e. The van der Waals surface area contributed by atoms with Crippen LogP contribution < -0.4 is 10.1 Å². The number of methoxy groups -OCH3 is 1. The number of rotatable bonds is 5. The number of ether oxygens (including phenoxy) is 1. The molecule has 27 heavy (non-hydrogen) atoms. The van der Waals surface area contributed by atoms with E-state index in [9.17, 15) is 5.11 Å². The van der Waals surface area contributed by atoms with Gasteiger partial charge in [-0.3, -0.25) is 0 Å². The van der Waals surface area contributed by atoms with E-state index >= 15 is 0 Å². The number of hydrogen-bond donors (Lipinski definition) is 2. The number of pyridine rings is 1. The molecule has 2 heterocycles. The maximum absolute atomic E-state index is 9.62. The number of hydrogen-bond acceptors (Lipinski definition) is 5. The van der Waals surface area contributed by atoms with E-state index in [1.54, 1.807) is 19.4 Å². The molecule has 0 bridgehead atoms. The second-order valence-corrected chi connectivity index (χ2v) is 7.50. The van der Waals surface area contributed by atoms with Crippen LogP contribution in [0.5, 0.6) is 5.75 Å². The van der Waals surface area contributed by atoms with Crippen molar-refractivity contribution >= 4 is 11.6 Å². The molecule has 2 aromatic heterocycles. The van der Waals surface area contributed by atoms with E-state index in [1.807, 2.05) is 41.9 Å². The fourth-order valence-electron chi connectivity index (χ4n) is 2.88. The molecule has 0 aliphatic heterocycles. The summed E-state index contributed by atoms with van der Waals surface area (Å²) in [5, 5.41) is 17.8. The zero-order chi connectivity index (χ0) is 19.6. The molecule has 0 atom stereocenters. The molecule has 0 aliphatic carbocycles. The molecular weight excluding hydrogens is 340 g/mol. The fraction of sp³-hybridized carbons (Fsp3) is 0.333. The van der Waals surface area contributed by atoms with Crippen molar-refractivity contribution in [2.75, 3.05) is 12.4 Å². The molecule has 2 N–H and O–H groups in total. The number of anilines is 2. The van der Waals surface area contributed by atoms with Gasteiger partial charge < -0.3 is 15.2 Å². The van der Waals surface area contributed by atoms with E-state index in [0.717, 1.165) is 34.1 Å². The van der Waals surface area contributed by atoms with Gasteiger partial charge in [0.25, 0.3) is 0 Å². The molecule has 0 fully saturated rings. The van der Waals surface area contributed by atoms with Gasteiger partial charge in [-0.05, 0) is 24.6 Å². The summed E-state index contributed by atoms with van der Waals surface area (Å²) in [5.41, 5.74) is 3.46. The first-order valence-corrected chi connectivity index (χ1v) is 8.91. The first-order chi connectivity index (χ1) is 12.8. The average molecular weight is 366 g/mol. The number of para-hydroxylation sites is 1. The Hall–Kier alpha value is -2.86. The van der Waals surface area contributed by atoms with E-state index in [4.69, 9.17) is 9.84 Å². The summed E-state index contributed by atoms with van der Waals surface area (Å²) >= 11 is 0. The summed E-state index contributed by atoms with van der Waals surface area (Å²) in [6, 6.07) is 11.6. The first kappa shape index (κ1) is 18.9. The lowest BCUT2D eigenvalue weighted by Crippen LogP contribution is -2.13. The Morgan fingerprint density at radius 3 is 2.63 bits per heavy atom. The van der Waals surface area contributed by atoms with Crippen LogP contribution in [0.2, 0.25) is 0 Å². The van der Waals surface area contributed by atoms with Crippen molar-refractivity contribution in [2.24, 2.45) is 0 Å². The zero-order valence-electron chi connectivity index (χ0n) is 16.4. The summed E-state index contributed by atoms with van der Waals surface area (Å²) in [4.78, 5) is 4.37. The predicted octanol–water partition coefficient (Wildman–Crippen LogP) is 4.12. The zero-order valence-corrected chi connectivity index (χ0v) is 16.4. The Morgan fingerprint density at radius 2 is 1.96 bits per heavy atom. The van der Waals surface area contributed by atoms with Crippen molar-refractivity contribution in [1.82, 2.24) is 14.8 Å². The molecule has 0 spiro atoms. The molecule has 142 valence electrons. The molecule has 6 nitrogen and oxygen atoms in total. The highest BCUT2D eigenvalue weighted by atomic mass is 16.5. The SMILES string of the molecule is COc1cccc(C)c1-n1nc(C(C)(C)C)cc1Nc1ncccc1CO. The van der Waals surface area contributed by atoms with Crippen molar-refractivity contribution in [3.8, 4) is 11.4 Å². The van der Waals surface area contributed by atoms with Crippen molar-refractivity contribution in [3.63, 3.8) is 0 Å². The van der Waals surface area contributed by atoms with Crippen molar-refractivity contribution in [2.45, 2.75) is 39.7 Å². The number of aryl methyl sites for hydroxylation is 1. The van der Waals surface area contributed by atoms with Crippen LogP contribution in [-0.2, 0) is 12.0 Å². The lowest BCUT2D eigenvalue weighted by Gasteiger charge is -2.16. The van der Waals surface area contributed by atoms with Gasteiger partial charge in [-0.25, -0.2) is 9.67 Å². The van der Waals surface area contributed by atoms with Crippen molar-refractivity contribution < 1.29 is 9.84 Å². The van der Waals surface area contributed by atoms with Crippen LogP contribution in [0, 0.1) is 6.92 Å². The maximum atomic E-state index is 9.62. The minimum absolute atomic E-state index is 0.0931.